The Morgan fingerprint density at radius 2 is 2.33 bits per heavy atom. The van der Waals surface area contributed by atoms with E-state index in [1.54, 1.807) is 4.68 Å². The van der Waals surface area contributed by atoms with Crippen LogP contribution >= 0.6 is 0 Å². The lowest BCUT2D eigenvalue weighted by Crippen LogP contribution is -2.26. The SMILES string of the molecule is CN(C)CCNCc1cn(CCO)nn1. The molecule has 0 aromatic carbocycles. The Morgan fingerprint density at radius 3 is 3.00 bits per heavy atom. The van der Waals surface area contributed by atoms with Crippen LogP contribution in [0.15, 0.2) is 6.20 Å². The maximum absolute atomic E-state index is 8.69. The van der Waals surface area contributed by atoms with Crippen molar-refractivity contribution in [1.29, 1.82) is 0 Å². The molecule has 0 atom stereocenters. The van der Waals surface area contributed by atoms with Crippen molar-refractivity contribution in [3.63, 3.8) is 0 Å². The van der Waals surface area contributed by atoms with Gasteiger partial charge in [-0.05, 0) is 14.1 Å². The summed E-state index contributed by atoms with van der Waals surface area (Å²) in [6.07, 6.45) is 1.85. The highest BCUT2D eigenvalue weighted by Gasteiger charge is 1.99. The number of aliphatic hydroxyl groups excluding tert-OH is 1. The second-order valence-corrected chi connectivity index (χ2v) is 3.68. The Bertz CT molecular complexity index is 273. The first kappa shape index (κ1) is 12.1. The zero-order chi connectivity index (χ0) is 11.1. The third kappa shape index (κ3) is 4.87. The fourth-order valence-electron chi connectivity index (χ4n) is 1.15. The van der Waals surface area contributed by atoms with E-state index in [2.05, 4.69) is 20.5 Å². The molecule has 6 nitrogen and oxygen atoms in total. The van der Waals surface area contributed by atoms with Crippen molar-refractivity contribution >= 4 is 0 Å². The first-order valence-corrected chi connectivity index (χ1v) is 5.07. The molecule has 1 heterocycles. The van der Waals surface area contributed by atoms with E-state index in [0.29, 0.717) is 6.54 Å². The monoisotopic (exact) mass is 213 g/mol. The van der Waals surface area contributed by atoms with Crippen LogP contribution in [0.1, 0.15) is 5.69 Å². The molecule has 6 heteroatoms. The summed E-state index contributed by atoms with van der Waals surface area (Å²) in [5.41, 5.74) is 0.905. The minimum absolute atomic E-state index is 0.0941. The Balaban J connectivity index is 2.19. The summed E-state index contributed by atoms with van der Waals surface area (Å²) < 4.78 is 1.64. The summed E-state index contributed by atoms with van der Waals surface area (Å²) in [6.45, 7) is 3.26. The van der Waals surface area contributed by atoms with Crippen molar-refractivity contribution in [2.75, 3.05) is 33.8 Å². The largest absolute Gasteiger partial charge is 0.394 e. The van der Waals surface area contributed by atoms with Crippen molar-refractivity contribution in [2.45, 2.75) is 13.1 Å². The molecule has 0 aliphatic carbocycles. The molecule has 0 saturated heterocycles. The number of likely N-dealkylation sites (N-methyl/N-ethyl adjacent to an activating group) is 1. The van der Waals surface area contributed by atoms with E-state index in [9.17, 15) is 0 Å². The van der Waals surface area contributed by atoms with Crippen LogP contribution in [0, 0.1) is 0 Å². The molecular formula is C9H19N5O. The predicted octanol–water partition coefficient (Wildman–Crippen LogP) is -1.08. The minimum Gasteiger partial charge on any atom is -0.394 e. The second-order valence-electron chi connectivity index (χ2n) is 3.68. The smallest absolute Gasteiger partial charge is 0.0964 e. The summed E-state index contributed by atoms with van der Waals surface area (Å²) in [7, 11) is 4.08. The Hall–Kier alpha value is -0.980. The van der Waals surface area contributed by atoms with Crippen molar-refractivity contribution in [1.82, 2.24) is 25.2 Å². The average Bonchev–Trinajstić information content (AvgIpc) is 2.61. The molecule has 2 N–H and O–H groups in total. The van der Waals surface area contributed by atoms with Crippen molar-refractivity contribution < 1.29 is 5.11 Å². The Labute approximate surface area is 89.9 Å². The molecule has 1 aromatic rings. The lowest BCUT2D eigenvalue weighted by Gasteiger charge is -2.08. The van der Waals surface area contributed by atoms with Crippen LogP contribution in [0.25, 0.3) is 0 Å². The predicted molar refractivity (Wildman–Crippen MR) is 57.4 cm³/mol. The summed E-state index contributed by atoms with van der Waals surface area (Å²) >= 11 is 0. The van der Waals surface area contributed by atoms with Gasteiger partial charge >= 0.3 is 0 Å². The molecule has 1 rings (SSSR count). The van der Waals surface area contributed by atoms with E-state index in [1.165, 1.54) is 0 Å². The van der Waals surface area contributed by atoms with E-state index in [0.717, 1.165) is 25.3 Å². The van der Waals surface area contributed by atoms with E-state index in [4.69, 9.17) is 5.11 Å². The molecule has 0 bridgehead atoms. The van der Waals surface area contributed by atoms with Gasteiger partial charge in [0.05, 0.1) is 18.8 Å². The van der Waals surface area contributed by atoms with Crippen LogP contribution < -0.4 is 5.32 Å². The molecule has 15 heavy (non-hydrogen) atoms. The molecule has 0 radical (unpaired) electrons. The molecule has 1 aromatic heterocycles. The van der Waals surface area contributed by atoms with Crippen LogP contribution in [0.5, 0.6) is 0 Å². The maximum atomic E-state index is 8.69. The summed E-state index contributed by atoms with van der Waals surface area (Å²) in [5.74, 6) is 0. The van der Waals surface area contributed by atoms with Gasteiger partial charge in [0.15, 0.2) is 0 Å². The topological polar surface area (TPSA) is 66.2 Å². The Kier molecular flexibility index (Phi) is 5.23. The number of nitrogens with one attached hydrogen (secondary N) is 1. The van der Waals surface area contributed by atoms with Crippen molar-refractivity contribution in [3.8, 4) is 0 Å². The standard InChI is InChI=1S/C9H19N5O/c1-13(2)4-3-10-7-9-8-14(5-6-15)12-11-9/h8,10,15H,3-7H2,1-2H3. The number of hydrogen-bond donors (Lipinski definition) is 2. The highest BCUT2D eigenvalue weighted by atomic mass is 16.3. The maximum Gasteiger partial charge on any atom is 0.0964 e. The highest BCUT2D eigenvalue weighted by Crippen LogP contribution is 1.91. The van der Waals surface area contributed by atoms with Gasteiger partial charge in [-0.1, -0.05) is 5.21 Å². The van der Waals surface area contributed by atoms with Gasteiger partial charge in [0.2, 0.25) is 0 Å². The van der Waals surface area contributed by atoms with Gasteiger partial charge in [-0.25, -0.2) is 4.68 Å². The number of hydrogen-bond acceptors (Lipinski definition) is 5. The molecule has 0 spiro atoms. The van der Waals surface area contributed by atoms with Crippen molar-refractivity contribution in [2.24, 2.45) is 0 Å². The molecule has 86 valence electrons. The molecule has 0 aliphatic rings. The van der Waals surface area contributed by atoms with E-state index < -0.39 is 0 Å². The van der Waals surface area contributed by atoms with E-state index >= 15 is 0 Å². The molecule has 0 fully saturated rings. The van der Waals surface area contributed by atoms with Gasteiger partial charge < -0.3 is 15.3 Å². The van der Waals surface area contributed by atoms with E-state index in [-0.39, 0.29) is 6.61 Å². The number of aromatic nitrogens is 3. The quantitative estimate of drug-likeness (QED) is 0.564. The minimum atomic E-state index is 0.0941. The van der Waals surface area contributed by atoms with Crippen LogP contribution in [-0.4, -0.2) is 58.8 Å². The average molecular weight is 213 g/mol. The van der Waals surface area contributed by atoms with Gasteiger partial charge in [0.1, 0.15) is 0 Å². The first-order valence-electron chi connectivity index (χ1n) is 5.07. The number of aliphatic hydroxyl groups is 1. The van der Waals surface area contributed by atoms with Gasteiger partial charge in [-0.2, -0.15) is 0 Å². The van der Waals surface area contributed by atoms with E-state index in [1.807, 2.05) is 20.3 Å². The third-order valence-corrected chi connectivity index (χ3v) is 1.96. The summed E-state index contributed by atoms with van der Waals surface area (Å²) in [5, 5.41) is 19.8. The fourth-order valence-corrected chi connectivity index (χ4v) is 1.15. The van der Waals surface area contributed by atoms with Crippen LogP contribution in [0.3, 0.4) is 0 Å². The molecule has 0 saturated carbocycles. The van der Waals surface area contributed by atoms with Crippen molar-refractivity contribution in [3.05, 3.63) is 11.9 Å². The van der Waals surface area contributed by atoms with Gasteiger partial charge in [0, 0.05) is 25.8 Å². The number of nitrogens with zero attached hydrogens (tertiary/aromatic N) is 4. The van der Waals surface area contributed by atoms with Crippen LogP contribution in [-0.2, 0) is 13.1 Å². The molecule has 0 aliphatic heterocycles. The Morgan fingerprint density at radius 1 is 1.53 bits per heavy atom. The van der Waals surface area contributed by atoms with Crippen LogP contribution in [0.2, 0.25) is 0 Å². The first-order chi connectivity index (χ1) is 7.22. The molecular weight excluding hydrogens is 194 g/mol. The lowest BCUT2D eigenvalue weighted by molar-refractivity contribution is 0.268. The van der Waals surface area contributed by atoms with Crippen LogP contribution in [0.4, 0.5) is 0 Å². The zero-order valence-corrected chi connectivity index (χ0v) is 9.35. The molecule has 0 unspecified atom stereocenters. The summed E-state index contributed by atoms with van der Waals surface area (Å²) in [4.78, 5) is 2.12. The number of rotatable bonds is 7. The van der Waals surface area contributed by atoms with Gasteiger partial charge in [0.25, 0.3) is 0 Å². The second kappa shape index (κ2) is 6.49. The zero-order valence-electron chi connectivity index (χ0n) is 9.35. The molecule has 0 amide bonds. The van der Waals surface area contributed by atoms with Gasteiger partial charge in [-0.15, -0.1) is 5.10 Å². The fraction of sp³-hybridized carbons (Fsp3) is 0.778. The van der Waals surface area contributed by atoms with Gasteiger partial charge in [-0.3, -0.25) is 0 Å². The normalized spacial score (nSPS) is 11.2. The third-order valence-electron chi connectivity index (χ3n) is 1.96. The highest BCUT2D eigenvalue weighted by molar-refractivity contribution is 4.91. The lowest BCUT2D eigenvalue weighted by atomic mass is 10.4. The summed E-state index contributed by atoms with van der Waals surface area (Å²) in [6, 6.07) is 0.